The Kier molecular flexibility index (Phi) is 7.93. The van der Waals surface area contributed by atoms with Crippen molar-refractivity contribution in [1.82, 2.24) is 4.72 Å². The van der Waals surface area contributed by atoms with Gasteiger partial charge in [0.25, 0.3) is 0 Å². The predicted molar refractivity (Wildman–Crippen MR) is 85.9 cm³/mol. The van der Waals surface area contributed by atoms with Gasteiger partial charge in [0.05, 0.1) is 4.90 Å². The Bertz CT molecular complexity index is 495. The van der Waals surface area contributed by atoms with Crippen LogP contribution in [0.1, 0.15) is 39.2 Å². The van der Waals surface area contributed by atoms with Crippen molar-refractivity contribution < 1.29 is 13.2 Å². The Morgan fingerprint density at radius 1 is 1.19 bits per heavy atom. The topological polar surface area (TPSA) is 55.4 Å². The molecule has 0 amide bonds. The number of rotatable bonds is 10. The molecule has 0 bridgehead atoms. The third kappa shape index (κ3) is 7.07. The van der Waals surface area contributed by atoms with Crippen LogP contribution in [0.5, 0.6) is 0 Å². The largest absolute Gasteiger partial charge is 0.381 e. The maximum atomic E-state index is 12.1. The van der Waals surface area contributed by atoms with Crippen LogP contribution >= 0.6 is 0 Å². The summed E-state index contributed by atoms with van der Waals surface area (Å²) in [6, 6.07) is 7.10. The van der Waals surface area contributed by atoms with Crippen molar-refractivity contribution in [2.45, 2.75) is 44.9 Å². The van der Waals surface area contributed by atoms with Gasteiger partial charge in [0.1, 0.15) is 0 Å². The maximum absolute atomic E-state index is 12.1. The molecule has 1 aromatic carbocycles. The number of hydrogen-bond acceptors (Lipinski definition) is 3. The number of aryl methyl sites for hydroxylation is 1. The van der Waals surface area contributed by atoms with Gasteiger partial charge in [-0.05, 0) is 36.5 Å². The van der Waals surface area contributed by atoms with Gasteiger partial charge >= 0.3 is 0 Å². The van der Waals surface area contributed by atoms with E-state index in [0.29, 0.717) is 37.0 Å². The van der Waals surface area contributed by atoms with Gasteiger partial charge in [0.2, 0.25) is 10.0 Å². The summed E-state index contributed by atoms with van der Waals surface area (Å²) in [6.07, 6.45) is 2.71. The molecular weight excluding hydrogens is 286 g/mol. The number of benzene rings is 1. The molecule has 0 aromatic heterocycles. The Hall–Kier alpha value is -0.910. The van der Waals surface area contributed by atoms with Crippen molar-refractivity contribution in [3.05, 3.63) is 29.8 Å². The van der Waals surface area contributed by atoms with Gasteiger partial charge in [0, 0.05) is 19.8 Å². The molecule has 5 heteroatoms. The van der Waals surface area contributed by atoms with Gasteiger partial charge in [-0.2, -0.15) is 0 Å². The molecule has 1 aromatic rings. The number of ether oxygens (including phenoxy) is 1. The van der Waals surface area contributed by atoms with Crippen LogP contribution in [0.15, 0.2) is 29.2 Å². The zero-order chi connectivity index (χ0) is 15.7. The SMILES string of the molecule is CCCc1ccc(S(=O)(=O)NCCCOCC(C)C)cc1. The van der Waals surface area contributed by atoms with E-state index in [9.17, 15) is 8.42 Å². The summed E-state index contributed by atoms with van der Waals surface area (Å²) >= 11 is 0. The average molecular weight is 313 g/mol. The lowest BCUT2D eigenvalue weighted by atomic mass is 10.1. The zero-order valence-corrected chi connectivity index (χ0v) is 14.1. The number of nitrogens with one attached hydrogen (secondary N) is 1. The predicted octanol–water partition coefficient (Wildman–Crippen LogP) is 2.98. The van der Waals surface area contributed by atoms with Crippen molar-refractivity contribution >= 4 is 10.0 Å². The molecule has 0 atom stereocenters. The van der Waals surface area contributed by atoms with Gasteiger partial charge in [-0.15, -0.1) is 0 Å². The van der Waals surface area contributed by atoms with Crippen molar-refractivity contribution in [2.75, 3.05) is 19.8 Å². The fraction of sp³-hybridized carbons (Fsp3) is 0.625. The van der Waals surface area contributed by atoms with Gasteiger partial charge in [-0.3, -0.25) is 0 Å². The fourth-order valence-corrected chi connectivity index (χ4v) is 2.98. The molecular formula is C16H27NO3S. The average Bonchev–Trinajstić information content (AvgIpc) is 2.43. The van der Waals surface area contributed by atoms with Crippen molar-refractivity contribution in [3.8, 4) is 0 Å². The van der Waals surface area contributed by atoms with Crippen LogP contribution < -0.4 is 4.72 Å². The lowest BCUT2D eigenvalue weighted by Gasteiger charge is -2.09. The quantitative estimate of drug-likeness (QED) is 0.676. The van der Waals surface area contributed by atoms with Gasteiger partial charge in [0.15, 0.2) is 0 Å². The second-order valence-electron chi connectivity index (χ2n) is 5.61. The second-order valence-corrected chi connectivity index (χ2v) is 7.38. The fourth-order valence-electron chi connectivity index (χ4n) is 1.91. The maximum Gasteiger partial charge on any atom is 0.240 e. The first-order chi connectivity index (χ1) is 9.95. The first-order valence-electron chi connectivity index (χ1n) is 7.62. The highest BCUT2D eigenvalue weighted by Crippen LogP contribution is 2.11. The number of hydrogen-bond donors (Lipinski definition) is 1. The Morgan fingerprint density at radius 2 is 1.86 bits per heavy atom. The van der Waals surface area contributed by atoms with Crippen LogP contribution in [0.2, 0.25) is 0 Å². The molecule has 0 aliphatic rings. The monoisotopic (exact) mass is 313 g/mol. The molecule has 0 unspecified atom stereocenters. The molecule has 1 N–H and O–H groups in total. The Balaban J connectivity index is 2.39. The molecule has 120 valence electrons. The molecule has 0 saturated heterocycles. The molecule has 0 heterocycles. The first kappa shape index (κ1) is 18.1. The lowest BCUT2D eigenvalue weighted by molar-refractivity contribution is 0.108. The summed E-state index contributed by atoms with van der Waals surface area (Å²) in [5, 5.41) is 0. The third-order valence-electron chi connectivity index (χ3n) is 2.98. The standard InChI is InChI=1S/C16H27NO3S/c1-4-6-15-7-9-16(10-8-15)21(18,19)17-11-5-12-20-13-14(2)3/h7-10,14,17H,4-6,11-13H2,1-3H3. The van der Waals surface area contributed by atoms with E-state index in [1.54, 1.807) is 12.1 Å². The summed E-state index contributed by atoms with van der Waals surface area (Å²) in [6.45, 7) is 7.97. The van der Waals surface area contributed by atoms with Crippen LogP contribution in [0, 0.1) is 5.92 Å². The molecule has 0 fully saturated rings. The molecule has 0 saturated carbocycles. The van der Waals surface area contributed by atoms with Crippen LogP contribution in [0.4, 0.5) is 0 Å². The van der Waals surface area contributed by atoms with Gasteiger partial charge in [-0.1, -0.05) is 39.3 Å². The lowest BCUT2D eigenvalue weighted by Crippen LogP contribution is -2.25. The van der Waals surface area contributed by atoms with Crippen LogP contribution in [0.3, 0.4) is 0 Å². The van der Waals surface area contributed by atoms with E-state index < -0.39 is 10.0 Å². The van der Waals surface area contributed by atoms with E-state index >= 15 is 0 Å². The highest BCUT2D eigenvalue weighted by Gasteiger charge is 2.12. The highest BCUT2D eigenvalue weighted by molar-refractivity contribution is 7.89. The summed E-state index contributed by atoms with van der Waals surface area (Å²) in [7, 11) is -3.40. The molecule has 1 rings (SSSR count). The summed E-state index contributed by atoms with van der Waals surface area (Å²) in [5.41, 5.74) is 1.17. The molecule has 0 spiro atoms. The molecule has 21 heavy (non-hydrogen) atoms. The molecule has 4 nitrogen and oxygen atoms in total. The van der Waals surface area contributed by atoms with E-state index in [4.69, 9.17) is 4.74 Å². The van der Waals surface area contributed by atoms with Gasteiger partial charge < -0.3 is 4.74 Å². The van der Waals surface area contributed by atoms with E-state index in [-0.39, 0.29) is 0 Å². The van der Waals surface area contributed by atoms with E-state index in [1.807, 2.05) is 12.1 Å². The van der Waals surface area contributed by atoms with E-state index in [1.165, 1.54) is 5.56 Å². The smallest absolute Gasteiger partial charge is 0.240 e. The first-order valence-corrected chi connectivity index (χ1v) is 9.10. The van der Waals surface area contributed by atoms with Crippen LogP contribution in [-0.2, 0) is 21.2 Å². The summed E-state index contributed by atoms with van der Waals surface area (Å²) in [5.74, 6) is 0.503. The minimum absolute atomic E-state index is 0.324. The third-order valence-corrected chi connectivity index (χ3v) is 4.46. The normalized spacial score (nSPS) is 12.0. The van der Waals surface area contributed by atoms with Gasteiger partial charge in [-0.25, -0.2) is 13.1 Å². The minimum Gasteiger partial charge on any atom is -0.381 e. The van der Waals surface area contributed by atoms with Crippen LogP contribution in [0.25, 0.3) is 0 Å². The van der Waals surface area contributed by atoms with Crippen molar-refractivity contribution in [2.24, 2.45) is 5.92 Å². The second kappa shape index (κ2) is 9.18. The van der Waals surface area contributed by atoms with Crippen LogP contribution in [-0.4, -0.2) is 28.2 Å². The molecule has 0 radical (unpaired) electrons. The minimum atomic E-state index is -3.40. The van der Waals surface area contributed by atoms with E-state index in [2.05, 4.69) is 25.5 Å². The number of sulfonamides is 1. The molecule has 0 aliphatic heterocycles. The summed E-state index contributed by atoms with van der Waals surface area (Å²) in [4.78, 5) is 0.324. The van der Waals surface area contributed by atoms with E-state index in [0.717, 1.165) is 12.8 Å². The zero-order valence-electron chi connectivity index (χ0n) is 13.3. The highest BCUT2D eigenvalue weighted by atomic mass is 32.2. The molecule has 0 aliphatic carbocycles. The summed E-state index contributed by atoms with van der Waals surface area (Å²) < 4.78 is 32.2. The van der Waals surface area contributed by atoms with Crippen molar-refractivity contribution in [3.63, 3.8) is 0 Å². The van der Waals surface area contributed by atoms with Crippen molar-refractivity contribution in [1.29, 1.82) is 0 Å². The Labute approximate surface area is 129 Å². The Morgan fingerprint density at radius 3 is 2.43 bits per heavy atom.